The highest BCUT2D eigenvalue weighted by Gasteiger charge is 2.17. The summed E-state index contributed by atoms with van der Waals surface area (Å²) in [6.45, 7) is 2.00. The number of carbonyl (C=O) groups excluding carboxylic acids is 1. The minimum Gasteiger partial charge on any atom is -0.322 e. The van der Waals surface area contributed by atoms with Crippen molar-refractivity contribution in [1.82, 2.24) is 9.38 Å². The maximum absolute atomic E-state index is 13.0. The van der Waals surface area contributed by atoms with Crippen molar-refractivity contribution in [3.05, 3.63) is 86.6 Å². The fourth-order valence-electron chi connectivity index (χ4n) is 2.74. The summed E-state index contributed by atoms with van der Waals surface area (Å²) in [7, 11) is 0. The second kappa shape index (κ2) is 6.98. The number of aryl methyl sites for hydroxylation is 1. The van der Waals surface area contributed by atoms with Crippen LogP contribution in [0.3, 0.4) is 0 Å². The standard InChI is InChI=1S/C20H14ClN3O2S/c1-12-5-7-13(8-6-12)17-11-27-20-22-10-16(19(26)24(17)20)18(25)23-15-4-2-3-14(21)9-15/h2-11H,1H3,(H,23,25). The second-order valence-electron chi connectivity index (χ2n) is 6.05. The van der Waals surface area contributed by atoms with Crippen molar-refractivity contribution in [1.29, 1.82) is 0 Å². The molecule has 2 aromatic heterocycles. The molecule has 0 saturated heterocycles. The van der Waals surface area contributed by atoms with E-state index in [1.54, 1.807) is 24.3 Å². The number of nitrogens with zero attached hydrogens (tertiary/aromatic N) is 2. The highest BCUT2D eigenvalue weighted by Crippen LogP contribution is 2.24. The number of carbonyl (C=O) groups is 1. The van der Waals surface area contributed by atoms with E-state index in [0.29, 0.717) is 21.4 Å². The number of benzene rings is 2. The van der Waals surface area contributed by atoms with Crippen LogP contribution in [0.4, 0.5) is 5.69 Å². The van der Waals surface area contributed by atoms with Gasteiger partial charge in [0.2, 0.25) is 0 Å². The molecule has 0 fully saturated rings. The SMILES string of the molecule is Cc1ccc(-c2csc3ncc(C(=O)Nc4cccc(Cl)c4)c(=O)n23)cc1. The number of thiazole rings is 1. The maximum atomic E-state index is 13.0. The average Bonchev–Trinajstić information content (AvgIpc) is 3.07. The molecule has 1 amide bonds. The average molecular weight is 396 g/mol. The monoisotopic (exact) mass is 395 g/mol. The molecule has 7 heteroatoms. The van der Waals surface area contributed by atoms with Crippen LogP contribution in [0.15, 0.2) is 64.9 Å². The molecule has 1 N–H and O–H groups in total. The van der Waals surface area contributed by atoms with Crippen LogP contribution < -0.4 is 10.9 Å². The van der Waals surface area contributed by atoms with Crippen LogP contribution in [0, 0.1) is 6.92 Å². The summed E-state index contributed by atoms with van der Waals surface area (Å²) in [5.74, 6) is -0.523. The number of halogens is 1. The molecule has 0 unspecified atom stereocenters. The molecule has 0 saturated carbocycles. The van der Waals surface area contributed by atoms with Crippen molar-refractivity contribution in [2.45, 2.75) is 6.92 Å². The predicted molar refractivity (Wildman–Crippen MR) is 109 cm³/mol. The van der Waals surface area contributed by atoms with Crippen molar-refractivity contribution in [3.63, 3.8) is 0 Å². The quantitative estimate of drug-likeness (QED) is 0.549. The first-order valence-corrected chi connectivity index (χ1v) is 9.42. The third kappa shape index (κ3) is 3.37. The molecule has 27 heavy (non-hydrogen) atoms. The third-order valence-corrected chi connectivity index (χ3v) is 5.20. The van der Waals surface area contributed by atoms with Crippen LogP contribution in [0.1, 0.15) is 15.9 Å². The summed E-state index contributed by atoms with van der Waals surface area (Å²) < 4.78 is 1.47. The lowest BCUT2D eigenvalue weighted by atomic mass is 10.1. The molecule has 4 rings (SSSR count). The Morgan fingerprint density at radius 2 is 1.96 bits per heavy atom. The molecule has 4 aromatic rings. The summed E-state index contributed by atoms with van der Waals surface area (Å²) in [5, 5.41) is 5.06. The van der Waals surface area contributed by atoms with Gasteiger partial charge in [0.05, 0.1) is 5.69 Å². The molecule has 0 spiro atoms. The highest BCUT2D eigenvalue weighted by molar-refractivity contribution is 7.15. The third-order valence-electron chi connectivity index (χ3n) is 4.12. The van der Waals surface area contributed by atoms with Crippen LogP contribution in [-0.2, 0) is 0 Å². The molecule has 2 heterocycles. The predicted octanol–water partition coefficient (Wildman–Crippen LogP) is 4.64. The van der Waals surface area contributed by atoms with E-state index in [-0.39, 0.29) is 5.56 Å². The lowest BCUT2D eigenvalue weighted by molar-refractivity contribution is 0.102. The number of anilines is 1. The first-order chi connectivity index (χ1) is 13.0. The van der Waals surface area contributed by atoms with Crippen molar-refractivity contribution in [2.24, 2.45) is 0 Å². The van der Waals surface area contributed by atoms with Gasteiger partial charge < -0.3 is 5.32 Å². The van der Waals surface area contributed by atoms with Crippen molar-refractivity contribution >= 4 is 39.5 Å². The van der Waals surface area contributed by atoms with Gasteiger partial charge in [0.1, 0.15) is 5.56 Å². The van der Waals surface area contributed by atoms with Gasteiger partial charge in [-0.3, -0.25) is 14.0 Å². The Morgan fingerprint density at radius 3 is 2.70 bits per heavy atom. The van der Waals surface area contributed by atoms with Gasteiger partial charge in [-0.1, -0.05) is 47.5 Å². The van der Waals surface area contributed by atoms with Gasteiger partial charge in [-0.2, -0.15) is 0 Å². The summed E-state index contributed by atoms with van der Waals surface area (Å²) in [6, 6.07) is 14.6. The van der Waals surface area contributed by atoms with E-state index in [1.165, 1.54) is 21.9 Å². The number of aromatic nitrogens is 2. The zero-order valence-electron chi connectivity index (χ0n) is 14.3. The van der Waals surface area contributed by atoms with E-state index in [2.05, 4.69) is 10.3 Å². The Kier molecular flexibility index (Phi) is 4.51. The highest BCUT2D eigenvalue weighted by atomic mass is 35.5. The van der Waals surface area contributed by atoms with Gasteiger partial charge in [-0.05, 0) is 30.7 Å². The second-order valence-corrected chi connectivity index (χ2v) is 7.32. The summed E-state index contributed by atoms with van der Waals surface area (Å²) in [5.41, 5.74) is 2.81. The van der Waals surface area contributed by atoms with Crippen LogP contribution in [0.2, 0.25) is 5.02 Å². The number of hydrogen-bond acceptors (Lipinski definition) is 4. The molecule has 0 aliphatic heterocycles. The number of nitrogens with one attached hydrogen (secondary N) is 1. The Morgan fingerprint density at radius 1 is 1.19 bits per heavy atom. The molecule has 0 aliphatic carbocycles. The van der Waals surface area contributed by atoms with Crippen LogP contribution in [0.5, 0.6) is 0 Å². The van der Waals surface area contributed by atoms with E-state index < -0.39 is 11.5 Å². The minimum absolute atomic E-state index is 0.0285. The number of hydrogen-bond donors (Lipinski definition) is 1. The minimum atomic E-state index is -0.523. The zero-order valence-corrected chi connectivity index (χ0v) is 15.8. The Bertz CT molecular complexity index is 1210. The lowest BCUT2D eigenvalue weighted by Gasteiger charge is -2.07. The van der Waals surface area contributed by atoms with E-state index in [4.69, 9.17) is 11.6 Å². The van der Waals surface area contributed by atoms with Crippen molar-refractivity contribution < 1.29 is 4.79 Å². The van der Waals surface area contributed by atoms with Crippen molar-refractivity contribution in [3.8, 4) is 11.3 Å². The van der Waals surface area contributed by atoms with Crippen LogP contribution in [0.25, 0.3) is 16.2 Å². The summed E-state index contributed by atoms with van der Waals surface area (Å²) in [4.78, 5) is 30.4. The van der Waals surface area contributed by atoms with Gasteiger partial charge in [-0.25, -0.2) is 4.98 Å². The molecule has 0 atom stereocenters. The molecule has 0 bridgehead atoms. The molecular weight excluding hydrogens is 382 g/mol. The maximum Gasteiger partial charge on any atom is 0.271 e. The fraction of sp³-hybridized carbons (Fsp3) is 0.0500. The smallest absolute Gasteiger partial charge is 0.271 e. The van der Waals surface area contributed by atoms with Crippen LogP contribution in [-0.4, -0.2) is 15.3 Å². The molecule has 0 radical (unpaired) electrons. The first-order valence-electron chi connectivity index (χ1n) is 8.16. The fourth-order valence-corrected chi connectivity index (χ4v) is 3.79. The van der Waals surface area contributed by atoms with E-state index in [1.807, 2.05) is 36.6 Å². The summed E-state index contributed by atoms with van der Waals surface area (Å²) >= 11 is 7.30. The number of fused-ring (bicyclic) bond motifs is 1. The Hall–Kier alpha value is -2.96. The molecular formula is C20H14ClN3O2S. The molecule has 2 aromatic carbocycles. The lowest BCUT2D eigenvalue weighted by Crippen LogP contribution is -2.26. The van der Waals surface area contributed by atoms with Crippen LogP contribution >= 0.6 is 22.9 Å². The molecule has 0 aliphatic rings. The Labute approximate surface area is 163 Å². The van der Waals surface area contributed by atoms with E-state index in [9.17, 15) is 9.59 Å². The first kappa shape index (κ1) is 17.5. The topological polar surface area (TPSA) is 63.5 Å². The molecule has 134 valence electrons. The zero-order chi connectivity index (χ0) is 19.0. The van der Waals surface area contributed by atoms with Gasteiger partial charge in [0.25, 0.3) is 11.5 Å². The van der Waals surface area contributed by atoms with Gasteiger partial charge in [0.15, 0.2) is 4.96 Å². The van der Waals surface area contributed by atoms with Gasteiger partial charge in [0, 0.05) is 22.3 Å². The largest absolute Gasteiger partial charge is 0.322 e. The summed E-state index contributed by atoms with van der Waals surface area (Å²) in [6.07, 6.45) is 1.31. The normalized spacial score (nSPS) is 10.9. The molecule has 5 nitrogen and oxygen atoms in total. The van der Waals surface area contributed by atoms with E-state index in [0.717, 1.165) is 11.1 Å². The van der Waals surface area contributed by atoms with E-state index >= 15 is 0 Å². The Balaban J connectivity index is 1.77. The number of amides is 1. The number of rotatable bonds is 3. The van der Waals surface area contributed by atoms with Crippen molar-refractivity contribution in [2.75, 3.05) is 5.32 Å². The van der Waals surface area contributed by atoms with Gasteiger partial charge in [-0.15, -0.1) is 11.3 Å². The van der Waals surface area contributed by atoms with Gasteiger partial charge >= 0.3 is 0 Å².